The van der Waals surface area contributed by atoms with Crippen molar-refractivity contribution in [3.8, 4) is 0 Å². The van der Waals surface area contributed by atoms with Crippen LogP contribution in [0, 0.1) is 0 Å². The van der Waals surface area contributed by atoms with Gasteiger partial charge in [0.15, 0.2) is 0 Å². The zero-order chi connectivity index (χ0) is 15.0. The third kappa shape index (κ3) is 5.49. The summed E-state index contributed by atoms with van der Waals surface area (Å²) in [6.45, 7) is 0.0204. The van der Waals surface area contributed by atoms with E-state index in [1.54, 1.807) is 12.1 Å². The Labute approximate surface area is 116 Å². The maximum absolute atomic E-state index is 11.5. The highest BCUT2D eigenvalue weighted by atomic mass is 16.4. The number of anilines is 1. The quantitative estimate of drug-likeness (QED) is 0.567. The first-order valence-electron chi connectivity index (χ1n) is 6.13. The van der Waals surface area contributed by atoms with Gasteiger partial charge in [-0.25, -0.2) is 0 Å². The number of hydrogen-bond acceptors (Lipinski definition) is 4. The molecule has 0 aliphatic rings. The average Bonchev–Trinajstić information content (AvgIpc) is 2.43. The molecule has 0 bridgehead atoms. The smallest absolute Gasteiger partial charge is 0.322 e. The van der Waals surface area contributed by atoms with Gasteiger partial charge in [-0.3, -0.25) is 14.4 Å². The summed E-state index contributed by atoms with van der Waals surface area (Å²) < 4.78 is 0. The topological polar surface area (TPSA) is 122 Å². The largest absolute Gasteiger partial charge is 0.480 e. The van der Waals surface area contributed by atoms with Crippen LogP contribution in [0.4, 0.5) is 5.69 Å². The SMILES string of the molecule is NCCCC(=O)Nc1ccc(C(=O)NCC(=O)O)cc1. The van der Waals surface area contributed by atoms with E-state index in [0.29, 0.717) is 30.6 Å². The standard InChI is InChI=1S/C13H17N3O4/c14-7-1-2-11(17)16-10-5-3-9(4-6-10)13(20)15-8-12(18)19/h3-6H,1-2,7-8,14H2,(H,15,20)(H,16,17)(H,18,19). The number of carboxylic acid groups (broad SMARTS) is 1. The zero-order valence-corrected chi connectivity index (χ0v) is 10.9. The molecule has 0 radical (unpaired) electrons. The van der Waals surface area contributed by atoms with Crippen LogP contribution in [0.25, 0.3) is 0 Å². The highest BCUT2D eigenvalue weighted by Crippen LogP contribution is 2.10. The second kappa shape index (κ2) is 7.90. The van der Waals surface area contributed by atoms with Crippen LogP contribution in [0.1, 0.15) is 23.2 Å². The molecule has 0 fully saturated rings. The van der Waals surface area contributed by atoms with Crippen molar-refractivity contribution >= 4 is 23.5 Å². The Balaban J connectivity index is 2.53. The van der Waals surface area contributed by atoms with E-state index in [9.17, 15) is 14.4 Å². The first-order chi connectivity index (χ1) is 9.52. The lowest BCUT2D eigenvalue weighted by Crippen LogP contribution is -2.29. The second-order valence-electron chi connectivity index (χ2n) is 4.09. The van der Waals surface area contributed by atoms with Crippen molar-refractivity contribution in [3.05, 3.63) is 29.8 Å². The minimum Gasteiger partial charge on any atom is -0.480 e. The maximum Gasteiger partial charge on any atom is 0.322 e. The van der Waals surface area contributed by atoms with Crippen LogP contribution in [0.15, 0.2) is 24.3 Å². The number of benzene rings is 1. The number of hydrogen-bond donors (Lipinski definition) is 4. The van der Waals surface area contributed by atoms with Gasteiger partial charge in [0.1, 0.15) is 6.54 Å². The molecule has 1 aromatic carbocycles. The van der Waals surface area contributed by atoms with Crippen molar-refractivity contribution in [1.29, 1.82) is 0 Å². The van der Waals surface area contributed by atoms with Crippen LogP contribution in [-0.2, 0) is 9.59 Å². The summed E-state index contributed by atoms with van der Waals surface area (Å²) in [5.41, 5.74) is 6.20. The third-order valence-corrected chi connectivity index (χ3v) is 2.44. The van der Waals surface area contributed by atoms with Crippen LogP contribution >= 0.6 is 0 Å². The van der Waals surface area contributed by atoms with Gasteiger partial charge in [0.05, 0.1) is 0 Å². The van der Waals surface area contributed by atoms with Gasteiger partial charge in [0.25, 0.3) is 5.91 Å². The Hall–Kier alpha value is -2.41. The summed E-state index contributed by atoms with van der Waals surface area (Å²) in [4.78, 5) is 33.3. The highest BCUT2D eigenvalue weighted by Gasteiger charge is 2.07. The molecular weight excluding hydrogens is 262 g/mol. The molecule has 0 aliphatic carbocycles. The van der Waals surface area contributed by atoms with E-state index in [0.717, 1.165) is 0 Å². The molecule has 0 saturated carbocycles. The summed E-state index contributed by atoms with van der Waals surface area (Å²) in [5, 5.41) is 13.4. The summed E-state index contributed by atoms with van der Waals surface area (Å²) in [6.07, 6.45) is 0.957. The zero-order valence-electron chi connectivity index (χ0n) is 10.9. The Morgan fingerprint density at radius 3 is 2.35 bits per heavy atom. The van der Waals surface area contributed by atoms with Gasteiger partial charge in [0, 0.05) is 17.7 Å². The van der Waals surface area contributed by atoms with E-state index >= 15 is 0 Å². The minimum atomic E-state index is -1.11. The Morgan fingerprint density at radius 1 is 1.15 bits per heavy atom. The summed E-state index contributed by atoms with van der Waals surface area (Å²) in [5.74, 6) is -1.73. The van der Waals surface area contributed by atoms with E-state index in [1.807, 2.05) is 0 Å². The number of carboxylic acids is 1. The molecule has 5 N–H and O–H groups in total. The third-order valence-electron chi connectivity index (χ3n) is 2.44. The second-order valence-corrected chi connectivity index (χ2v) is 4.09. The normalized spacial score (nSPS) is 9.85. The fourth-order valence-corrected chi connectivity index (χ4v) is 1.45. The van der Waals surface area contributed by atoms with Gasteiger partial charge in [0.2, 0.25) is 5.91 Å². The number of carbonyl (C=O) groups excluding carboxylic acids is 2. The number of rotatable bonds is 7. The van der Waals surface area contributed by atoms with Crippen LogP contribution in [-0.4, -0.2) is 36.0 Å². The molecule has 2 amide bonds. The van der Waals surface area contributed by atoms with Crippen molar-refractivity contribution in [2.75, 3.05) is 18.4 Å². The number of aliphatic carboxylic acids is 1. The summed E-state index contributed by atoms with van der Waals surface area (Å²) in [6, 6.07) is 6.18. The van der Waals surface area contributed by atoms with Crippen LogP contribution in [0.2, 0.25) is 0 Å². The number of nitrogens with one attached hydrogen (secondary N) is 2. The van der Waals surface area contributed by atoms with E-state index in [-0.39, 0.29) is 5.91 Å². The van der Waals surface area contributed by atoms with Gasteiger partial charge in [-0.05, 0) is 37.2 Å². The lowest BCUT2D eigenvalue weighted by Gasteiger charge is -2.06. The predicted molar refractivity (Wildman–Crippen MR) is 73.3 cm³/mol. The van der Waals surface area contributed by atoms with E-state index < -0.39 is 18.4 Å². The lowest BCUT2D eigenvalue weighted by atomic mass is 10.2. The summed E-state index contributed by atoms with van der Waals surface area (Å²) in [7, 11) is 0. The van der Waals surface area contributed by atoms with Crippen molar-refractivity contribution in [3.63, 3.8) is 0 Å². The Morgan fingerprint density at radius 2 is 1.80 bits per heavy atom. The van der Waals surface area contributed by atoms with Crippen molar-refractivity contribution in [2.45, 2.75) is 12.8 Å². The number of carbonyl (C=O) groups is 3. The number of nitrogens with two attached hydrogens (primary N) is 1. The summed E-state index contributed by atoms with van der Waals surface area (Å²) >= 11 is 0. The van der Waals surface area contributed by atoms with Crippen molar-refractivity contribution < 1.29 is 19.5 Å². The lowest BCUT2D eigenvalue weighted by molar-refractivity contribution is -0.135. The average molecular weight is 279 g/mol. The maximum atomic E-state index is 11.5. The molecule has 0 aliphatic heterocycles. The van der Waals surface area contributed by atoms with Crippen LogP contribution in [0.5, 0.6) is 0 Å². The molecule has 0 aromatic heterocycles. The minimum absolute atomic E-state index is 0.140. The van der Waals surface area contributed by atoms with E-state index in [2.05, 4.69) is 10.6 Å². The first kappa shape index (κ1) is 15.6. The van der Waals surface area contributed by atoms with Crippen molar-refractivity contribution in [1.82, 2.24) is 5.32 Å². The predicted octanol–water partition coefficient (Wildman–Crippen LogP) is 0.178. The van der Waals surface area contributed by atoms with Gasteiger partial charge in [-0.2, -0.15) is 0 Å². The molecule has 0 atom stereocenters. The monoisotopic (exact) mass is 279 g/mol. The van der Waals surface area contributed by atoms with Crippen molar-refractivity contribution in [2.24, 2.45) is 5.73 Å². The van der Waals surface area contributed by atoms with Crippen LogP contribution < -0.4 is 16.4 Å². The Bertz CT molecular complexity index is 485. The molecule has 0 heterocycles. The molecule has 1 aromatic rings. The molecule has 20 heavy (non-hydrogen) atoms. The molecular formula is C13H17N3O4. The van der Waals surface area contributed by atoms with Crippen LogP contribution in [0.3, 0.4) is 0 Å². The highest BCUT2D eigenvalue weighted by molar-refractivity contribution is 5.97. The molecule has 7 nitrogen and oxygen atoms in total. The first-order valence-corrected chi connectivity index (χ1v) is 6.13. The molecule has 0 spiro atoms. The van der Waals surface area contributed by atoms with Gasteiger partial charge >= 0.3 is 5.97 Å². The number of amides is 2. The molecule has 7 heteroatoms. The Kier molecular flexibility index (Phi) is 6.18. The van der Waals surface area contributed by atoms with E-state index in [1.165, 1.54) is 12.1 Å². The van der Waals surface area contributed by atoms with E-state index in [4.69, 9.17) is 10.8 Å². The fraction of sp³-hybridized carbons (Fsp3) is 0.308. The van der Waals surface area contributed by atoms with Gasteiger partial charge < -0.3 is 21.5 Å². The van der Waals surface area contributed by atoms with Gasteiger partial charge in [-0.1, -0.05) is 0 Å². The molecule has 108 valence electrons. The van der Waals surface area contributed by atoms with Gasteiger partial charge in [-0.15, -0.1) is 0 Å². The molecule has 0 saturated heterocycles. The fourth-order valence-electron chi connectivity index (χ4n) is 1.45. The molecule has 0 unspecified atom stereocenters. The molecule has 1 rings (SSSR count).